The number of fused-ring (bicyclic) bond motifs is 4. The van der Waals surface area contributed by atoms with Crippen molar-refractivity contribution in [2.24, 2.45) is 0 Å². The number of benzene rings is 1. The SMILES string of the molecule is CCOC(=O)c1c(C)oc2nc(COC(=O)c3cc4c(s3)-c3ccccc3OC4)nc(N)c12. The number of hydrogen-bond acceptors (Lipinski definition) is 10. The van der Waals surface area contributed by atoms with Crippen molar-refractivity contribution in [2.75, 3.05) is 12.3 Å². The number of aromatic nitrogens is 2. The summed E-state index contributed by atoms with van der Waals surface area (Å²) in [6, 6.07) is 9.47. The molecule has 1 aliphatic heterocycles. The molecule has 9 nitrogen and oxygen atoms in total. The van der Waals surface area contributed by atoms with E-state index in [2.05, 4.69) is 9.97 Å². The number of aryl methyl sites for hydroxylation is 1. The Labute approximate surface area is 192 Å². The molecule has 0 unspecified atom stereocenters. The molecular formula is C23H19N3O6S. The number of esters is 2. The topological polar surface area (TPSA) is 127 Å². The first-order valence-corrected chi connectivity index (χ1v) is 11.0. The summed E-state index contributed by atoms with van der Waals surface area (Å²) >= 11 is 1.35. The number of hydrogen-bond donors (Lipinski definition) is 1. The van der Waals surface area contributed by atoms with Gasteiger partial charge in [0.25, 0.3) is 0 Å². The van der Waals surface area contributed by atoms with Gasteiger partial charge < -0.3 is 24.4 Å². The third kappa shape index (κ3) is 3.68. The highest BCUT2D eigenvalue weighted by atomic mass is 32.1. The van der Waals surface area contributed by atoms with Gasteiger partial charge in [0.05, 0.1) is 12.0 Å². The highest BCUT2D eigenvalue weighted by Gasteiger charge is 2.25. The summed E-state index contributed by atoms with van der Waals surface area (Å²) in [5.41, 5.74) is 8.28. The Bertz CT molecular complexity index is 1410. The summed E-state index contributed by atoms with van der Waals surface area (Å²) in [6.45, 7) is 3.73. The van der Waals surface area contributed by atoms with Crippen LogP contribution in [0.15, 0.2) is 34.7 Å². The molecular weight excluding hydrogens is 446 g/mol. The molecule has 33 heavy (non-hydrogen) atoms. The lowest BCUT2D eigenvalue weighted by Crippen LogP contribution is -2.09. The summed E-state index contributed by atoms with van der Waals surface area (Å²) < 4.78 is 21.8. The molecule has 3 aromatic heterocycles. The molecule has 0 spiro atoms. The fraction of sp³-hybridized carbons (Fsp3) is 0.217. The molecule has 5 rings (SSSR count). The molecule has 1 aromatic carbocycles. The van der Waals surface area contributed by atoms with Gasteiger partial charge in [0.1, 0.15) is 34.4 Å². The normalized spacial score (nSPS) is 12.1. The average Bonchev–Trinajstić information content (AvgIpc) is 3.39. The first-order chi connectivity index (χ1) is 16.0. The molecule has 10 heteroatoms. The number of nitrogens with two attached hydrogens (primary N) is 1. The van der Waals surface area contributed by atoms with E-state index in [0.717, 1.165) is 21.8 Å². The highest BCUT2D eigenvalue weighted by Crippen LogP contribution is 2.42. The van der Waals surface area contributed by atoms with Gasteiger partial charge >= 0.3 is 11.9 Å². The van der Waals surface area contributed by atoms with Crippen LogP contribution >= 0.6 is 11.3 Å². The molecule has 1 aliphatic rings. The number of ether oxygens (including phenoxy) is 3. The maximum atomic E-state index is 12.7. The molecule has 0 bridgehead atoms. The largest absolute Gasteiger partial charge is 0.488 e. The summed E-state index contributed by atoms with van der Waals surface area (Å²) in [5, 5.41) is 0.283. The molecule has 0 amide bonds. The van der Waals surface area contributed by atoms with Crippen molar-refractivity contribution >= 4 is 40.2 Å². The van der Waals surface area contributed by atoms with Crippen LogP contribution in [0.25, 0.3) is 21.5 Å². The number of nitrogens with zero attached hydrogens (tertiary/aromatic N) is 2. The van der Waals surface area contributed by atoms with Gasteiger partial charge in [-0.2, -0.15) is 4.98 Å². The van der Waals surface area contributed by atoms with Crippen molar-refractivity contribution in [2.45, 2.75) is 27.1 Å². The zero-order valence-electron chi connectivity index (χ0n) is 17.8. The number of anilines is 1. The summed E-state index contributed by atoms with van der Waals surface area (Å²) in [5.74, 6) is 0.261. The van der Waals surface area contributed by atoms with Gasteiger partial charge in [-0.25, -0.2) is 14.6 Å². The van der Waals surface area contributed by atoms with Crippen LogP contribution in [0.1, 0.15) is 44.1 Å². The van der Waals surface area contributed by atoms with Crippen LogP contribution < -0.4 is 10.5 Å². The molecule has 0 radical (unpaired) electrons. The molecule has 0 atom stereocenters. The molecule has 0 saturated carbocycles. The predicted molar refractivity (Wildman–Crippen MR) is 120 cm³/mol. The summed E-state index contributed by atoms with van der Waals surface area (Å²) in [4.78, 5) is 34.8. The third-order valence-corrected chi connectivity index (χ3v) is 6.33. The third-order valence-electron chi connectivity index (χ3n) is 5.14. The van der Waals surface area contributed by atoms with Crippen LogP contribution in [0.2, 0.25) is 0 Å². The Morgan fingerprint density at radius 2 is 2.00 bits per heavy atom. The van der Waals surface area contributed by atoms with Crippen LogP contribution in [0, 0.1) is 6.92 Å². The lowest BCUT2D eigenvalue weighted by Gasteiger charge is -2.16. The van der Waals surface area contributed by atoms with E-state index in [0.29, 0.717) is 17.2 Å². The minimum Gasteiger partial charge on any atom is -0.488 e. The number of carbonyl (C=O) groups is 2. The summed E-state index contributed by atoms with van der Waals surface area (Å²) in [6.07, 6.45) is 0. The number of thiophene rings is 1. The van der Waals surface area contributed by atoms with Crippen LogP contribution in [-0.2, 0) is 22.7 Å². The first-order valence-electron chi connectivity index (χ1n) is 10.2. The highest BCUT2D eigenvalue weighted by molar-refractivity contribution is 7.17. The first kappa shape index (κ1) is 21.0. The zero-order valence-corrected chi connectivity index (χ0v) is 18.7. The molecule has 0 fully saturated rings. The van der Waals surface area contributed by atoms with E-state index in [1.54, 1.807) is 19.9 Å². The Hall–Kier alpha value is -3.92. The quantitative estimate of drug-likeness (QED) is 0.430. The Balaban J connectivity index is 1.36. The van der Waals surface area contributed by atoms with Gasteiger partial charge in [-0.15, -0.1) is 11.3 Å². The maximum absolute atomic E-state index is 12.7. The van der Waals surface area contributed by atoms with Crippen molar-refractivity contribution in [1.82, 2.24) is 9.97 Å². The van der Waals surface area contributed by atoms with Gasteiger partial charge in [0, 0.05) is 16.0 Å². The lowest BCUT2D eigenvalue weighted by atomic mass is 10.1. The van der Waals surface area contributed by atoms with Gasteiger partial charge in [-0.3, -0.25) is 0 Å². The van der Waals surface area contributed by atoms with E-state index < -0.39 is 11.9 Å². The van der Waals surface area contributed by atoms with Crippen molar-refractivity contribution in [3.8, 4) is 16.2 Å². The van der Waals surface area contributed by atoms with E-state index in [4.69, 9.17) is 24.4 Å². The van der Waals surface area contributed by atoms with Crippen molar-refractivity contribution in [3.63, 3.8) is 0 Å². The van der Waals surface area contributed by atoms with E-state index in [9.17, 15) is 9.59 Å². The van der Waals surface area contributed by atoms with Crippen LogP contribution in [-0.4, -0.2) is 28.5 Å². The monoisotopic (exact) mass is 465 g/mol. The second-order valence-corrected chi connectivity index (χ2v) is 8.34. The molecule has 0 aliphatic carbocycles. The van der Waals surface area contributed by atoms with Gasteiger partial charge in [0.2, 0.25) is 5.71 Å². The van der Waals surface area contributed by atoms with Gasteiger partial charge in [-0.1, -0.05) is 12.1 Å². The van der Waals surface area contributed by atoms with Crippen LogP contribution in [0.3, 0.4) is 0 Å². The molecule has 2 N–H and O–H groups in total. The van der Waals surface area contributed by atoms with Crippen molar-refractivity contribution in [1.29, 1.82) is 0 Å². The van der Waals surface area contributed by atoms with Gasteiger partial charge in [-0.05, 0) is 32.0 Å². The Kier molecular flexibility index (Phi) is 5.21. The summed E-state index contributed by atoms with van der Waals surface area (Å²) in [7, 11) is 0. The molecule has 4 aromatic rings. The Morgan fingerprint density at radius 1 is 1.18 bits per heavy atom. The van der Waals surface area contributed by atoms with E-state index in [1.807, 2.05) is 24.3 Å². The Morgan fingerprint density at radius 3 is 2.82 bits per heavy atom. The van der Waals surface area contributed by atoms with E-state index in [1.165, 1.54) is 11.3 Å². The maximum Gasteiger partial charge on any atom is 0.348 e. The fourth-order valence-electron chi connectivity index (χ4n) is 3.70. The van der Waals surface area contributed by atoms with E-state index >= 15 is 0 Å². The minimum atomic E-state index is -0.560. The second kappa shape index (κ2) is 8.21. The molecule has 4 heterocycles. The minimum absolute atomic E-state index is 0.0475. The van der Waals surface area contributed by atoms with Crippen molar-refractivity contribution in [3.05, 3.63) is 57.9 Å². The van der Waals surface area contributed by atoms with E-state index in [-0.39, 0.29) is 41.5 Å². The fourth-order valence-corrected chi connectivity index (χ4v) is 4.79. The number of nitrogen functional groups attached to an aromatic ring is 1. The number of para-hydroxylation sites is 1. The average molecular weight is 465 g/mol. The molecule has 168 valence electrons. The number of carbonyl (C=O) groups excluding carboxylic acids is 2. The number of rotatable bonds is 5. The second-order valence-electron chi connectivity index (χ2n) is 7.28. The lowest BCUT2D eigenvalue weighted by molar-refractivity contribution is 0.0467. The standard InChI is InChI=1S/C23H19N3O6S/c1-3-29-23(28)17-11(2)32-21-18(17)20(24)25-16(26-21)10-31-22(27)15-8-12-9-30-14-7-5-4-6-13(14)19(12)33-15/h4-8H,3,9-10H2,1-2H3,(H2,24,25,26). The smallest absolute Gasteiger partial charge is 0.348 e. The zero-order chi connectivity index (χ0) is 23.1. The van der Waals surface area contributed by atoms with Gasteiger partial charge in [0.15, 0.2) is 12.4 Å². The van der Waals surface area contributed by atoms with Crippen LogP contribution in [0.4, 0.5) is 5.82 Å². The van der Waals surface area contributed by atoms with Crippen molar-refractivity contribution < 1.29 is 28.2 Å². The molecule has 0 saturated heterocycles. The van der Waals surface area contributed by atoms with Crippen LogP contribution in [0.5, 0.6) is 5.75 Å². The number of furan rings is 1. The predicted octanol–water partition coefficient (Wildman–Crippen LogP) is 4.27.